The van der Waals surface area contributed by atoms with Crippen molar-refractivity contribution in [3.63, 3.8) is 0 Å². The van der Waals surface area contributed by atoms with Crippen LogP contribution < -0.4 is 14.9 Å². The summed E-state index contributed by atoms with van der Waals surface area (Å²) in [5, 5.41) is 18.2. The van der Waals surface area contributed by atoms with Crippen molar-refractivity contribution in [2.24, 2.45) is 10.9 Å². The summed E-state index contributed by atoms with van der Waals surface area (Å²) in [6.07, 6.45) is 7.00. The molecule has 0 spiro atoms. The van der Waals surface area contributed by atoms with Gasteiger partial charge in [0.05, 0.1) is 23.5 Å². The Labute approximate surface area is 130 Å². The Morgan fingerprint density at radius 1 is 1.41 bits per heavy atom. The monoisotopic (exact) mass is 308 g/mol. The number of ether oxygens (including phenoxy) is 1. The van der Waals surface area contributed by atoms with Gasteiger partial charge in [-0.25, -0.2) is 4.99 Å². The van der Waals surface area contributed by atoms with E-state index in [9.17, 15) is 5.11 Å². The molecule has 0 atom stereocenters. The van der Waals surface area contributed by atoms with Crippen LogP contribution in [0.5, 0.6) is 0 Å². The first-order chi connectivity index (χ1) is 10.5. The average molecular weight is 308 g/mol. The average Bonchev–Trinajstić information content (AvgIpc) is 2.96. The van der Waals surface area contributed by atoms with Crippen molar-refractivity contribution in [2.45, 2.75) is 51.6 Å². The summed E-state index contributed by atoms with van der Waals surface area (Å²) in [6.45, 7) is 6.16. The molecule has 122 valence electrons. The molecule has 1 aromatic rings. The van der Waals surface area contributed by atoms with Crippen LogP contribution in [0.1, 0.15) is 46.0 Å². The largest absolute Gasteiger partial charge is 0.861 e. The molecule has 2 heterocycles. The Balaban J connectivity index is 1.68. The van der Waals surface area contributed by atoms with Crippen LogP contribution in [-0.4, -0.2) is 36.5 Å². The maximum atomic E-state index is 12.2. The summed E-state index contributed by atoms with van der Waals surface area (Å²) in [5.41, 5.74) is -0.223. The number of rotatable bonds is 3. The van der Waals surface area contributed by atoms with Crippen molar-refractivity contribution in [1.29, 1.82) is 0 Å². The summed E-state index contributed by atoms with van der Waals surface area (Å²) in [7, 11) is 0. The van der Waals surface area contributed by atoms with Crippen LogP contribution in [0.15, 0.2) is 15.7 Å². The second-order valence-corrected chi connectivity index (χ2v) is 6.74. The predicted molar refractivity (Wildman–Crippen MR) is 78.4 cm³/mol. The number of aliphatic imine (C=N–C) groups is 1. The molecule has 0 aromatic carbocycles. The lowest BCUT2D eigenvalue weighted by atomic mass is 9.89. The van der Waals surface area contributed by atoms with Crippen LogP contribution in [0.3, 0.4) is 0 Å². The molecular formula is C15H24N4O3. The van der Waals surface area contributed by atoms with E-state index in [1.807, 2.05) is 18.9 Å². The Bertz CT molecular complexity index is 535. The third kappa shape index (κ3) is 3.58. The summed E-state index contributed by atoms with van der Waals surface area (Å²) >= 11 is 0. The second kappa shape index (κ2) is 6.24. The maximum absolute atomic E-state index is 12.2. The van der Waals surface area contributed by atoms with Crippen molar-refractivity contribution in [2.75, 3.05) is 24.7 Å². The van der Waals surface area contributed by atoms with Crippen LogP contribution in [0.25, 0.3) is 0 Å². The Kier molecular flexibility index (Phi) is 4.33. The molecule has 7 nitrogen and oxygen atoms in total. The molecule has 1 saturated carbocycles. The normalized spacial score (nSPS) is 23.7. The molecule has 0 radical (unpaired) electrons. The van der Waals surface area contributed by atoms with E-state index in [4.69, 9.17) is 9.26 Å². The number of hydrogen-bond acceptors (Lipinski definition) is 6. The summed E-state index contributed by atoms with van der Waals surface area (Å²) in [4.78, 5) is 5.71. The fourth-order valence-electron chi connectivity index (χ4n) is 3.13. The molecule has 1 saturated heterocycles. The van der Waals surface area contributed by atoms with Crippen molar-refractivity contribution < 1.29 is 19.2 Å². The van der Waals surface area contributed by atoms with Crippen LogP contribution in [0, 0.1) is 5.92 Å². The SMILES string of the molecule is CC1(C)CN([n+]2cc(N=C([O-])C3CCCCC3)on2)CCO1. The lowest BCUT2D eigenvalue weighted by Crippen LogP contribution is -2.66. The molecule has 1 aliphatic heterocycles. The van der Waals surface area contributed by atoms with Crippen molar-refractivity contribution in [3.8, 4) is 0 Å². The van der Waals surface area contributed by atoms with Gasteiger partial charge < -0.3 is 9.84 Å². The zero-order valence-electron chi connectivity index (χ0n) is 13.3. The van der Waals surface area contributed by atoms with Crippen LogP contribution in [-0.2, 0) is 4.74 Å². The van der Waals surface area contributed by atoms with E-state index in [2.05, 4.69) is 10.3 Å². The van der Waals surface area contributed by atoms with Gasteiger partial charge in [-0.1, -0.05) is 19.3 Å². The molecule has 3 rings (SSSR count). The molecule has 0 bridgehead atoms. The molecular weight excluding hydrogens is 284 g/mol. The number of aromatic nitrogens is 2. The second-order valence-electron chi connectivity index (χ2n) is 6.74. The van der Waals surface area contributed by atoms with E-state index < -0.39 is 0 Å². The molecule has 2 fully saturated rings. The van der Waals surface area contributed by atoms with Crippen LogP contribution >= 0.6 is 0 Å². The minimum Gasteiger partial charge on any atom is -0.861 e. The fraction of sp³-hybridized carbons (Fsp3) is 0.800. The molecule has 0 N–H and O–H groups in total. The Hall–Kier alpha value is -1.63. The minimum atomic E-state index is -0.223. The van der Waals surface area contributed by atoms with Crippen LogP contribution in [0.4, 0.5) is 5.88 Å². The number of hydrogen-bond donors (Lipinski definition) is 0. The minimum absolute atomic E-state index is 0.0506. The lowest BCUT2D eigenvalue weighted by molar-refractivity contribution is -0.761. The van der Waals surface area contributed by atoms with Gasteiger partial charge in [-0.05, 0) is 38.5 Å². The topological polar surface area (TPSA) is 77.8 Å². The van der Waals surface area contributed by atoms with E-state index >= 15 is 0 Å². The van der Waals surface area contributed by atoms with Gasteiger partial charge in [-0.3, -0.25) is 4.52 Å². The van der Waals surface area contributed by atoms with E-state index in [1.54, 1.807) is 11.0 Å². The first-order valence-electron chi connectivity index (χ1n) is 8.07. The third-order valence-corrected chi connectivity index (χ3v) is 4.31. The smallest absolute Gasteiger partial charge is 0.324 e. The molecule has 1 aromatic heterocycles. The maximum Gasteiger partial charge on any atom is 0.324 e. The van der Waals surface area contributed by atoms with E-state index in [0.29, 0.717) is 13.2 Å². The highest BCUT2D eigenvalue weighted by Crippen LogP contribution is 2.24. The van der Waals surface area contributed by atoms with Gasteiger partial charge in [-0.15, -0.1) is 5.01 Å². The Morgan fingerprint density at radius 3 is 2.91 bits per heavy atom. The van der Waals surface area contributed by atoms with E-state index in [1.165, 1.54) is 6.42 Å². The van der Waals surface area contributed by atoms with Gasteiger partial charge in [0.25, 0.3) is 6.20 Å². The molecule has 0 amide bonds. The van der Waals surface area contributed by atoms with Gasteiger partial charge in [0.15, 0.2) is 0 Å². The van der Waals surface area contributed by atoms with E-state index in [-0.39, 0.29) is 23.3 Å². The Morgan fingerprint density at radius 2 is 2.18 bits per heavy atom. The summed E-state index contributed by atoms with van der Waals surface area (Å²) < 4.78 is 10.9. The highest BCUT2D eigenvalue weighted by atomic mass is 16.5. The first-order valence-corrected chi connectivity index (χ1v) is 8.07. The lowest BCUT2D eigenvalue weighted by Gasteiger charge is -2.33. The zero-order chi connectivity index (χ0) is 15.6. The molecule has 22 heavy (non-hydrogen) atoms. The third-order valence-electron chi connectivity index (χ3n) is 4.31. The van der Waals surface area contributed by atoms with Crippen LogP contribution in [0.2, 0.25) is 0 Å². The molecule has 0 unspecified atom stereocenters. The standard InChI is InChI=1S/C15H24N4O3/c1-15(2)11-18(8-9-21-15)19-10-13(22-17-19)16-14(20)12-6-4-3-5-7-12/h10,12H,3-9,11H2,1-2H3. The fourth-order valence-corrected chi connectivity index (χ4v) is 3.13. The highest BCUT2D eigenvalue weighted by molar-refractivity contribution is 5.76. The molecule has 7 heteroatoms. The van der Waals surface area contributed by atoms with Gasteiger partial charge in [0.2, 0.25) is 5.27 Å². The first kappa shape index (κ1) is 15.3. The van der Waals surface area contributed by atoms with Gasteiger partial charge in [0, 0.05) is 0 Å². The quantitative estimate of drug-likeness (QED) is 0.466. The van der Waals surface area contributed by atoms with Crippen molar-refractivity contribution >= 4 is 11.8 Å². The van der Waals surface area contributed by atoms with Gasteiger partial charge >= 0.3 is 5.88 Å². The zero-order valence-corrected chi connectivity index (χ0v) is 13.3. The summed E-state index contributed by atoms with van der Waals surface area (Å²) in [5.74, 6) is 0.250. The van der Waals surface area contributed by atoms with Gasteiger partial charge in [0.1, 0.15) is 6.54 Å². The van der Waals surface area contributed by atoms with E-state index in [0.717, 1.165) is 32.2 Å². The highest BCUT2D eigenvalue weighted by Gasteiger charge is 2.33. The molecule has 1 aliphatic carbocycles. The molecule has 2 aliphatic rings. The number of nitrogens with zero attached hydrogens (tertiary/aromatic N) is 4. The van der Waals surface area contributed by atoms with Crippen molar-refractivity contribution in [1.82, 2.24) is 5.27 Å². The predicted octanol–water partition coefficient (Wildman–Crippen LogP) is 0.679. The van der Waals surface area contributed by atoms with Crippen molar-refractivity contribution in [3.05, 3.63) is 6.20 Å². The number of morpholine rings is 1. The van der Waals surface area contributed by atoms with Gasteiger partial charge in [-0.2, -0.15) is 0 Å². The summed E-state index contributed by atoms with van der Waals surface area (Å²) in [6, 6.07) is 0.